The number of nitro groups is 1. The predicted molar refractivity (Wildman–Crippen MR) is 106 cm³/mol. The molecule has 6 heteroatoms. The molecule has 1 heterocycles. The summed E-state index contributed by atoms with van der Waals surface area (Å²) in [5.41, 5.74) is 5.49. The molecule has 0 spiro atoms. The molecule has 138 valence electrons. The van der Waals surface area contributed by atoms with Crippen LogP contribution in [-0.2, 0) is 6.42 Å². The fourth-order valence-electron chi connectivity index (χ4n) is 3.50. The Bertz CT molecular complexity index is 765. The number of nitrogens with one attached hydrogen (secondary N) is 2. The van der Waals surface area contributed by atoms with Crippen molar-refractivity contribution in [2.45, 2.75) is 20.3 Å². The number of nitro benzene ring substituents is 1. The fraction of sp³-hybridized carbons (Fsp3) is 0.400. The molecule has 0 saturated carbocycles. The Morgan fingerprint density at radius 1 is 1.12 bits per heavy atom. The first-order valence-corrected chi connectivity index (χ1v) is 9.08. The maximum Gasteiger partial charge on any atom is 0.292 e. The van der Waals surface area contributed by atoms with Crippen LogP contribution in [-0.4, -0.2) is 37.6 Å². The van der Waals surface area contributed by atoms with Gasteiger partial charge in [0, 0.05) is 44.5 Å². The van der Waals surface area contributed by atoms with Crippen molar-refractivity contribution in [3.05, 3.63) is 63.2 Å². The minimum atomic E-state index is -0.319. The van der Waals surface area contributed by atoms with Crippen LogP contribution in [0, 0.1) is 24.0 Å². The van der Waals surface area contributed by atoms with E-state index >= 15 is 0 Å². The van der Waals surface area contributed by atoms with Crippen LogP contribution >= 0.6 is 0 Å². The number of aryl methyl sites for hydroxylation is 2. The van der Waals surface area contributed by atoms with Crippen molar-refractivity contribution in [3.63, 3.8) is 0 Å². The zero-order valence-corrected chi connectivity index (χ0v) is 15.4. The van der Waals surface area contributed by atoms with E-state index in [0.29, 0.717) is 12.2 Å². The monoisotopic (exact) mass is 354 g/mol. The van der Waals surface area contributed by atoms with Crippen molar-refractivity contribution in [2.75, 3.05) is 42.9 Å². The molecular weight excluding hydrogens is 328 g/mol. The average molecular weight is 354 g/mol. The maximum atomic E-state index is 11.4. The van der Waals surface area contributed by atoms with Gasteiger partial charge >= 0.3 is 0 Å². The van der Waals surface area contributed by atoms with Crippen LogP contribution in [0.25, 0.3) is 0 Å². The largest absolute Gasteiger partial charge is 0.379 e. The van der Waals surface area contributed by atoms with Crippen LogP contribution < -0.4 is 15.5 Å². The van der Waals surface area contributed by atoms with Crippen LogP contribution in [0.2, 0.25) is 0 Å². The molecule has 26 heavy (non-hydrogen) atoms. The molecule has 0 radical (unpaired) electrons. The van der Waals surface area contributed by atoms with Gasteiger partial charge in [-0.25, -0.2) is 0 Å². The molecule has 2 aromatic carbocycles. The average Bonchev–Trinajstić information content (AvgIpc) is 2.61. The number of piperazine rings is 1. The molecule has 1 fully saturated rings. The van der Waals surface area contributed by atoms with Gasteiger partial charge in [-0.3, -0.25) is 10.1 Å². The van der Waals surface area contributed by atoms with Crippen molar-refractivity contribution in [1.82, 2.24) is 5.32 Å². The van der Waals surface area contributed by atoms with E-state index in [2.05, 4.69) is 47.6 Å². The van der Waals surface area contributed by atoms with Crippen LogP contribution in [0.3, 0.4) is 0 Å². The lowest BCUT2D eigenvalue weighted by Crippen LogP contribution is -2.43. The fourth-order valence-corrected chi connectivity index (χ4v) is 3.50. The molecule has 0 aromatic heterocycles. The lowest BCUT2D eigenvalue weighted by atomic mass is 10.1. The van der Waals surface area contributed by atoms with Crippen molar-refractivity contribution in [3.8, 4) is 0 Å². The number of nitrogens with zero attached hydrogens (tertiary/aromatic N) is 2. The summed E-state index contributed by atoms with van der Waals surface area (Å²) in [6.07, 6.45) is 0.831. The second-order valence-corrected chi connectivity index (χ2v) is 6.87. The Labute approximate surface area is 154 Å². The molecule has 2 aromatic rings. The summed E-state index contributed by atoms with van der Waals surface area (Å²) in [7, 11) is 0. The summed E-state index contributed by atoms with van der Waals surface area (Å²) in [5.74, 6) is 0. The third-order valence-corrected chi connectivity index (χ3v) is 4.67. The first-order chi connectivity index (χ1) is 12.5. The van der Waals surface area contributed by atoms with Gasteiger partial charge in [-0.1, -0.05) is 29.3 Å². The van der Waals surface area contributed by atoms with Crippen LogP contribution in [0.5, 0.6) is 0 Å². The molecule has 1 saturated heterocycles. The van der Waals surface area contributed by atoms with Crippen molar-refractivity contribution >= 4 is 17.1 Å². The number of rotatable bonds is 6. The highest BCUT2D eigenvalue weighted by atomic mass is 16.6. The summed E-state index contributed by atoms with van der Waals surface area (Å²) in [6, 6.07) is 11.8. The third-order valence-electron chi connectivity index (χ3n) is 4.67. The molecule has 0 unspecified atom stereocenters. The summed E-state index contributed by atoms with van der Waals surface area (Å²) >= 11 is 0. The quantitative estimate of drug-likeness (QED) is 0.615. The molecule has 0 amide bonds. The highest BCUT2D eigenvalue weighted by Gasteiger charge is 2.17. The number of hydrogen-bond donors (Lipinski definition) is 2. The minimum absolute atomic E-state index is 0.129. The van der Waals surface area contributed by atoms with Gasteiger partial charge < -0.3 is 15.5 Å². The molecule has 0 atom stereocenters. The van der Waals surface area contributed by atoms with Gasteiger partial charge in [0.15, 0.2) is 0 Å². The standard InChI is InChI=1S/C20H26N4O2/c1-15-11-16(2)13-17(12-15)5-6-22-19-14-18(3-4-20(19)24(25)26)23-9-7-21-8-10-23/h3-4,11-14,21-22H,5-10H2,1-2H3. The first kappa shape index (κ1) is 18.2. The molecule has 1 aliphatic heterocycles. The van der Waals surface area contributed by atoms with Gasteiger partial charge in [0.05, 0.1) is 4.92 Å². The summed E-state index contributed by atoms with van der Waals surface area (Å²) in [5, 5.41) is 18.0. The van der Waals surface area contributed by atoms with Gasteiger partial charge in [-0.15, -0.1) is 0 Å². The Morgan fingerprint density at radius 3 is 2.46 bits per heavy atom. The zero-order valence-electron chi connectivity index (χ0n) is 15.4. The van der Waals surface area contributed by atoms with E-state index in [9.17, 15) is 10.1 Å². The lowest BCUT2D eigenvalue weighted by Gasteiger charge is -2.29. The lowest BCUT2D eigenvalue weighted by molar-refractivity contribution is -0.383. The zero-order chi connectivity index (χ0) is 18.5. The SMILES string of the molecule is Cc1cc(C)cc(CCNc2cc(N3CCNCC3)ccc2[N+](=O)[O-])c1. The Kier molecular flexibility index (Phi) is 5.73. The van der Waals surface area contributed by atoms with Gasteiger partial charge in [0.2, 0.25) is 0 Å². The summed E-state index contributed by atoms with van der Waals surface area (Å²) in [4.78, 5) is 13.3. The van der Waals surface area contributed by atoms with Crippen LogP contribution in [0.1, 0.15) is 16.7 Å². The van der Waals surface area contributed by atoms with Gasteiger partial charge in [-0.2, -0.15) is 0 Å². The van der Waals surface area contributed by atoms with E-state index in [-0.39, 0.29) is 10.6 Å². The molecule has 2 N–H and O–H groups in total. The maximum absolute atomic E-state index is 11.4. The molecule has 3 rings (SSSR count). The Morgan fingerprint density at radius 2 is 1.81 bits per heavy atom. The van der Waals surface area contributed by atoms with Crippen molar-refractivity contribution < 1.29 is 4.92 Å². The van der Waals surface area contributed by atoms with Gasteiger partial charge in [-0.05, 0) is 38.0 Å². The number of anilines is 2. The van der Waals surface area contributed by atoms with E-state index < -0.39 is 0 Å². The van der Waals surface area contributed by atoms with Crippen molar-refractivity contribution in [1.29, 1.82) is 0 Å². The minimum Gasteiger partial charge on any atom is -0.379 e. The van der Waals surface area contributed by atoms with Gasteiger partial charge in [0.25, 0.3) is 5.69 Å². The smallest absolute Gasteiger partial charge is 0.292 e. The molecule has 0 bridgehead atoms. The summed E-state index contributed by atoms with van der Waals surface area (Å²) < 4.78 is 0. The van der Waals surface area contributed by atoms with E-state index in [1.54, 1.807) is 6.07 Å². The highest BCUT2D eigenvalue weighted by molar-refractivity contribution is 5.69. The van der Waals surface area contributed by atoms with E-state index in [1.807, 2.05) is 12.1 Å². The number of benzene rings is 2. The normalized spacial score (nSPS) is 14.3. The first-order valence-electron chi connectivity index (χ1n) is 9.08. The van der Waals surface area contributed by atoms with Crippen LogP contribution in [0.15, 0.2) is 36.4 Å². The third kappa shape index (κ3) is 4.52. The predicted octanol–water partition coefficient (Wildman–Crippen LogP) is 3.28. The highest BCUT2D eigenvalue weighted by Crippen LogP contribution is 2.29. The second-order valence-electron chi connectivity index (χ2n) is 6.87. The van der Waals surface area contributed by atoms with Crippen LogP contribution in [0.4, 0.5) is 17.1 Å². The Balaban J connectivity index is 1.72. The van der Waals surface area contributed by atoms with E-state index in [4.69, 9.17) is 0 Å². The van der Waals surface area contributed by atoms with Gasteiger partial charge in [0.1, 0.15) is 5.69 Å². The van der Waals surface area contributed by atoms with Crippen molar-refractivity contribution in [2.24, 2.45) is 0 Å². The number of hydrogen-bond acceptors (Lipinski definition) is 5. The summed E-state index contributed by atoms with van der Waals surface area (Å²) in [6.45, 7) is 8.55. The molecule has 0 aliphatic carbocycles. The Hall–Kier alpha value is -2.60. The van der Waals surface area contributed by atoms with E-state index in [0.717, 1.165) is 38.3 Å². The second kappa shape index (κ2) is 8.19. The molecule has 1 aliphatic rings. The topological polar surface area (TPSA) is 70.4 Å². The molecule has 6 nitrogen and oxygen atoms in total. The molecular formula is C20H26N4O2. The van der Waals surface area contributed by atoms with E-state index in [1.165, 1.54) is 16.7 Å².